The number of aliphatic hydroxyl groups is 1. The maximum absolute atomic E-state index is 12.8. The third kappa shape index (κ3) is 5.32. The van der Waals surface area contributed by atoms with Crippen LogP contribution in [0.2, 0.25) is 0 Å². The second kappa shape index (κ2) is 10.3. The van der Waals surface area contributed by atoms with E-state index in [0.29, 0.717) is 28.6 Å². The number of alkyl halides is 3. The first kappa shape index (κ1) is 25.2. The molecular formula is C24H22F3N5O4. The number of hydrogen-bond donors (Lipinski definition) is 3. The number of aromatic nitrogens is 3. The molecule has 12 heteroatoms. The smallest absolute Gasteiger partial charge is 0.390 e. The van der Waals surface area contributed by atoms with Crippen LogP contribution in [0.3, 0.4) is 0 Å². The Morgan fingerprint density at radius 1 is 1.25 bits per heavy atom. The number of nitrogens with zero attached hydrogens (tertiary/aromatic N) is 3. The van der Waals surface area contributed by atoms with Crippen LogP contribution in [0.1, 0.15) is 41.9 Å². The van der Waals surface area contributed by atoms with E-state index in [1.807, 2.05) is 6.92 Å². The molecule has 1 aliphatic rings. The van der Waals surface area contributed by atoms with Crippen LogP contribution in [0, 0.1) is 11.8 Å². The SMILES string of the molecule is CC[C@H]1O[C@@H](n2cc(C#CCNC(=O)C(F)(F)F)c3c(NC(=O)c4ccccc4)ncnc32)C[C@H]1O. The Labute approximate surface area is 203 Å². The van der Waals surface area contributed by atoms with Crippen LogP contribution in [0.5, 0.6) is 0 Å². The number of carbonyl (C=O) groups is 2. The quantitative estimate of drug-likeness (QED) is 0.463. The maximum atomic E-state index is 12.8. The lowest BCUT2D eigenvalue weighted by molar-refractivity contribution is -0.173. The molecule has 0 unspecified atom stereocenters. The number of nitrogens with one attached hydrogen (secondary N) is 2. The van der Waals surface area contributed by atoms with Crippen LogP contribution < -0.4 is 10.6 Å². The van der Waals surface area contributed by atoms with Gasteiger partial charge >= 0.3 is 12.1 Å². The van der Waals surface area contributed by atoms with Crippen LogP contribution in [-0.4, -0.2) is 56.4 Å². The van der Waals surface area contributed by atoms with Gasteiger partial charge in [0.2, 0.25) is 0 Å². The van der Waals surface area contributed by atoms with Gasteiger partial charge in [-0.1, -0.05) is 37.0 Å². The Hall–Kier alpha value is -3.95. The van der Waals surface area contributed by atoms with Crippen LogP contribution in [0.15, 0.2) is 42.9 Å². The third-order valence-electron chi connectivity index (χ3n) is 5.61. The summed E-state index contributed by atoms with van der Waals surface area (Å²) in [6.07, 6.45) is -2.96. The highest BCUT2D eigenvalue weighted by molar-refractivity contribution is 6.08. The van der Waals surface area contributed by atoms with Crippen molar-refractivity contribution in [2.24, 2.45) is 0 Å². The van der Waals surface area contributed by atoms with E-state index in [1.165, 1.54) is 6.33 Å². The van der Waals surface area contributed by atoms with E-state index in [1.54, 1.807) is 46.4 Å². The molecule has 1 aromatic carbocycles. The lowest BCUT2D eigenvalue weighted by Gasteiger charge is -2.14. The number of anilines is 1. The molecule has 1 fully saturated rings. The zero-order chi connectivity index (χ0) is 25.9. The van der Waals surface area contributed by atoms with Crippen molar-refractivity contribution in [3.05, 3.63) is 54.0 Å². The normalized spacial score (nSPS) is 19.5. The fraction of sp³-hybridized carbons (Fsp3) is 0.333. The fourth-order valence-corrected chi connectivity index (χ4v) is 3.88. The highest BCUT2D eigenvalue weighted by Crippen LogP contribution is 2.35. The Balaban J connectivity index is 1.71. The molecule has 36 heavy (non-hydrogen) atoms. The number of amides is 2. The summed E-state index contributed by atoms with van der Waals surface area (Å²) in [7, 11) is 0. The average molecular weight is 501 g/mol. The van der Waals surface area contributed by atoms with E-state index in [2.05, 4.69) is 27.1 Å². The van der Waals surface area contributed by atoms with Gasteiger partial charge in [-0.3, -0.25) is 9.59 Å². The van der Waals surface area contributed by atoms with Gasteiger partial charge in [0.1, 0.15) is 24.0 Å². The summed E-state index contributed by atoms with van der Waals surface area (Å²) in [6.45, 7) is 1.33. The summed E-state index contributed by atoms with van der Waals surface area (Å²) >= 11 is 0. The van der Waals surface area contributed by atoms with E-state index >= 15 is 0 Å². The van der Waals surface area contributed by atoms with Gasteiger partial charge in [0, 0.05) is 18.2 Å². The van der Waals surface area contributed by atoms with Gasteiger partial charge in [0.05, 0.1) is 29.7 Å². The van der Waals surface area contributed by atoms with Gasteiger partial charge in [-0.25, -0.2) is 9.97 Å². The third-order valence-corrected chi connectivity index (χ3v) is 5.61. The summed E-state index contributed by atoms with van der Waals surface area (Å²) in [6, 6.07) is 8.44. The topological polar surface area (TPSA) is 118 Å². The van der Waals surface area contributed by atoms with Gasteiger partial charge in [-0.05, 0) is 18.6 Å². The molecule has 2 amide bonds. The molecule has 0 bridgehead atoms. The van der Waals surface area contributed by atoms with Crippen molar-refractivity contribution in [1.29, 1.82) is 0 Å². The largest absolute Gasteiger partial charge is 0.471 e. The number of benzene rings is 1. The van der Waals surface area contributed by atoms with Gasteiger partial charge in [0.25, 0.3) is 5.91 Å². The number of aliphatic hydroxyl groups excluding tert-OH is 1. The Morgan fingerprint density at radius 3 is 2.67 bits per heavy atom. The first-order chi connectivity index (χ1) is 17.2. The average Bonchev–Trinajstić information content (AvgIpc) is 3.42. The zero-order valence-electron chi connectivity index (χ0n) is 19.0. The number of ether oxygens (including phenoxy) is 1. The van der Waals surface area contributed by atoms with E-state index in [0.717, 1.165) is 0 Å². The van der Waals surface area contributed by atoms with Crippen LogP contribution >= 0.6 is 0 Å². The summed E-state index contributed by atoms with van der Waals surface area (Å²) in [5.41, 5.74) is 1.04. The lowest BCUT2D eigenvalue weighted by atomic mass is 10.1. The molecule has 2 aromatic heterocycles. The lowest BCUT2D eigenvalue weighted by Crippen LogP contribution is -2.36. The molecule has 4 rings (SSSR count). The number of halogens is 3. The summed E-state index contributed by atoms with van der Waals surface area (Å²) in [5.74, 6) is 2.82. The predicted molar refractivity (Wildman–Crippen MR) is 123 cm³/mol. The van der Waals surface area contributed by atoms with E-state index < -0.39 is 36.9 Å². The minimum Gasteiger partial charge on any atom is -0.390 e. The molecule has 1 aliphatic heterocycles. The van der Waals surface area contributed by atoms with Gasteiger partial charge < -0.3 is 25.0 Å². The second-order valence-corrected chi connectivity index (χ2v) is 8.01. The molecular weight excluding hydrogens is 479 g/mol. The number of hydrogen-bond acceptors (Lipinski definition) is 6. The highest BCUT2D eigenvalue weighted by atomic mass is 19.4. The van der Waals surface area contributed by atoms with Crippen molar-refractivity contribution in [2.45, 2.75) is 44.4 Å². The van der Waals surface area contributed by atoms with Crippen LogP contribution in [0.25, 0.3) is 11.0 Å². The Kier molecular flexibility index (Phi) is 7.23. The first-order valence-corrected chi connectivity index (χ1v) is 11.1. The summed E-state index contributed by atoms with van der Waals surface area (Å²) in [4.78, 5) is 32.3. The van der Waals surface area contributed by atoms with Crippen LogP contribution in [-0.2, 0) is 9.53 Å². The van der Waals surface area contributed by atoms with Gasteiger partial charge in [0.15, 0.2) is 0 Å². The molecule has 188 valence electrons. The fourth-order valence-electron chi connectivity index (χ4n) is 3.88. The zero-order valence-corrected chi connectivity index (χ0v) is 19.0. The van der Waals surface area contributed by atoms with Gasteiger partial charge in [-0.15, -0.1) is 0 Å². The minimum atomic E-state index is -5.02. The standard InChI is InChI=1S/C24H22F3N5O4/c1-2-17-16(33)11-18(36-17)32-12-15(9-6-10-28-23(35)24(25,26)27)19-20(29-13-30-21(19)32)31-22(34)14-7-4-3-5-8-14/h3-5,7-8,12-13,16-18,33H,2,10-11H2,1H3,(H,28,35)(H,29,30,31,34)/t16-,17-,18-/m1/s1. The molecule has 3 aromatic rings. The summed E-state index contributed by atoms with van der Waals surface area (Å²) in [5, 5.41) is 15.1. The predicted octanol–water partition coefficient (Wildman–Crippen LogP) is 2.77. The Morgan fingerprint density at radius 2 is 2.00 bits per heavy atom. The van der Waals surface area contributed by atoms with Crippen molar-refractivity contribution in [3.63, 3.8) is 0 Å². The number of rotatable bonds is 5. The molecule has 3 heterocycles. The Bertz CT molecular complexity index is 1330. The van der Waals surface area contributed by atoms with Crippen LogP contribution in [0.4, 0.5) is 19.0 Å². The molecule has 0 spiro atoms. The molecule has 9 nitrogen and oxygen atoms in total. The van der Waals surface area contributed by atoms with E-state index in [9.17, 15) is 27.9 Å². The monoisotopic (exact) mass is 501 g/mol. The van der Waals surface area contributed by atoms with E-state index in [-0.39, 0.29) is 18.3 Å². The van der Waals surface area contributed by atoms with Gasteiger partial charge in [-0.2, -0.15) is 13.2 Å². The number of carbonyl (C=O) groups excluding carboxylic acids is 2. The van der Waals surface area contributed by atoms with Crippen molar-refractivity contribution in [1.82, 2.24) is 19.9 Å². The van der Waals surface area contributed by atoms with Crippen molar-refractivity contribution in [2.75, 3.05) is 11.9 Å². The number of fused-ring (bicyclic) bond motifs is 1. The molecule has 0 radical (unpaired) electrons. The molecule has 1 saturated heterocycles. The molecule has 0 aliphatic carbocycles. The first-order valence-electron chi connectivity index (χ1n) is 11.1. The molecule has 3 atom stereocenters. The molecule has 3 N–H and O–H groups in total. The molecule has 0 saturated carbocycles. The van der Waals surface area contributed by atoms with Crippen molar-refractivity contribution < 1.29 is 32.6 Å². The maximum Gasteiger partial charge on any atom is 0.471 e. The van der Waals surface area contributed by atoms with E-state index in [4.69, 9.17) is 4.74 Å². The second-order valence-electron chi connectivity index (χ2n) is 8.01. The highest BCUT2D eigenvalue weighted by Gasteiger charge is 2.38. The summed E-state index contributed by atoms with van der Waals surface area (Å²) < 4.78 is 44.9. The van der Waals surface area contributed by atoms with Crippen molar-refractivity contribution >= 4 is 28.7 Å². The minimum absolute atomic E-state index is 0.141. The van der Waals surface area contributed by atoms with Crippen molar-refractivity contribution in [3.8, 4) is 11.8 Å².